The number of hydrogen-bond donors (Lipinski definition) is 1. The fraction of sp³-hybridized carbons (Fsp3) is 0.455. The van der Waals surface area contributed by atoms with Crippen molar-refractivity contribution < 1.29 is 27.4 Å². The number of nitrogens with one attached hydrogen (secondary N) is 1. The third-order valence-corrected chi connectivity index (χ3v) is 2.08. The standard InChI is InChI=1S/C11H13F3N2O3/c1-7(19-6-11(12,13)14)10(17)16-8-3-4-9(18-2)15-5-8/h3-5,7H,6H2,1-2H3,(H,16,17)/t7-/m0/s1. The van der Waals surface area contributed by atoms with E-state index < -0.39 is 24.8 Å². The van der Waals surface area contributed by atoms with Crippen LogP contribution in [0.4, 0.5) is 18.9 Å². The molecule has 1 heterocycles. The van der Waals surface area contributed by atoms with Gasteiger partial charge in [0.25, 0.3) is 5.91 Å². The maximum atomic E-state index is 11.9. The number of carbonyl (C=O) groups is 1. The average Bonchev–Trinajstić information content (AvgIpc) is 2.36. The molecule has 0 aliphatic heterocycles. The summed E-state index contributed by atoms with van der Waals surface area (Å²) in [6, 6.07) is 3.02. The van der Waals surface area contributed by atoms with E-state index in [1.165, 1.54) is 32.4 Å². The van der Waals surface area contributed by atoms with Crippen LogP contribution >= 0.6 is 0 Å². The third-order valence-electron chi connectivity index (χ3n) is 2.08. The number of hydrogen-bond acceptors (Lipinski definition) is 4. The average molecular weight is 278 g/mol. The molecule has 0 saturated carbocycles. The number of alkyl halides is 3. The van der Waals surface area contributed by atoms with Gasteiger partial charge in [-0.25, -0.2) is 4.98 Å². The fourth-order valence-electron chi connectivity index (χ4n) is 1.11. The van der Waals surface area contributed by atoms with Gasteiger partial charge in [-0.3, -0.25) is 4.79 Å². The lowest BCUT2D eigenvalue weighted by molar-refractivity contribution is -0.184. The summed E-state index contributed by atoms with van der Waals surface area (Å²) in [5.41, 5.74) is 0.341. The monoisotopic (exact) mass is 278 g/mol. The Morgan fingerprint density at radius 1 is 1.47 bits per heavy atom. The Kier molecular flexibility index (Phi) is 5.11. The first-order valence-electron chi connectivity index (χ1n) is 5.31. The lowest BCUT2D eigenvalue weighted by Gasteiger charge is -2.14. The van der Waals surface area contributed by atoms with E-state index in [2.05, 4.69) is 15.0 Å². The van der Waals surface area contributed by atoms with Crippen LogP contribution in [0.5, 0.6) is 5.88 Å². The van der Waals surface area contributed by atoms with Crippen LogP contribution in [0.3, 0.4) is 0 Å². The Bertz CT molecular complexity index is 420. The molecule has 19 heavy (non-hydrogen) atoms. The summed E-state index contributed by atoms with van der Waals surface area (Å²) in [6.07, 6.45) is -4.35. The summed E-state index contributed by atoms with van der Waals surface area (Å²) < 4.78 is 45.0. The van der Waals surface area contributed by atoms with E-state index in [4.69, 9.17) is 4.74 Å². The minimum Gasteiger partial charge on any atom is -0.481 e. The highest BCUT2D eigenvalue weighted by molar-refractivity contribution is 5.93. The van der Waals surface area contributed by atoms with E-state index in [0.29, 0.717) is 11.6 Å². The molecule has 0 radical (unpaired) electrons. The molecule has 1 amide bonds. The number of carbonyl (C=O) groups excluding carboxylic acids is 1. The summed E-state index contributed by atoms with van der Waals surface area (Å²) in [4.78, 5) is 15.4. The molecule has 0 spiro atoms. The van der Waals surface area contributed by atoms with Crippen molar-refractivity contribution in [3.8, 4) is 5.88 Å². The highest BCUT2D eigenvalue weighted by Crippen LogP contribution is 2.16. The molecule has 8 heteroatoms. The van der Waals surface area contributed by atoms with Crippen molar-refractivity contribution >= 4 is 11.6 Å². The van der Waals surface area contributed by atoms with Crippen LogP contribution in [0.1, 0.15) is 6.92 Å². The van der Waals surface area contributed by atoms with Crippen LogP contribution in [0.15, 0.2) is 18.3 Å². The van der Waals surface area contributed by atoms with Gasteiger partial charge in [0.1, 0.15) is 12.7 Å². The molecular formula is C11H13F3N2O3. The minimum atomic E-state index is -4.46. The first-order chi connectivity index (χ1) is 8.81. The number of anilines is 1. The van der Waals surface area contributed by atoms with Crippen molar-refractivity contribution in [1.29, 1.82) is 0 Å². The zero-order valence-corrected chi connectivity index (χ0v) is 10.3. The largest absolute Gasteiger partial charge is 0.481 e. The summed E-state index contributed by atoms with van der Waals surface area (Å²) in [5, 5.41) is 2.38. The van der Waals surface area contributed by atoms with E-state index in [9.17, 15) is 18.0 Å². The lowest BCUT2D eigenvalue weighted by Crippen LogP contribution is -2.31. The first-order valence-corrected chi connectivity index (χ1v) is 5.31. The van der Waals surface area contributed by atoms with Gasteiger partial charge in [-0.05, 0) is 13.0 Å². The van der Waals surface area contributed by atoms with E-state index in [-0.39, 0.29) is 0 Å². The number of methoxy groups -OCH3 is 1. The normalized spacial score (nSPS) is 12.9. The summed E-state index contributed by atoms with van der Waals surface area (Å²) >= 11 is 0. The molecule has 0 unspecified atom stereocenters. The van der Waals surface area contributed by atoms with Gasteiger partial charge in [-0.15, -0.1) is 0 Å². The predicted octanol–water partition coefficient (Wildman–Crippen LogP) is 2.00. The molecule has 0 aromatic carbocycles. The van der Waals surface area contributed by atoms with Crippen molar-refractivity contribution in [3.05, 3.63) is 18.3 Å². The number of halogens is 3. The van der Waals surface area contributed by atoms with Gasteiger partial charge in [0.2, 0.25) is 5.88 Å². The topological polar surface area (TPSA) is 60.5 Å². The Morgan fingerprint density at radius 2 is 2.16 bits per heavy atom. The Balaban J connectivity index is 2.49. The van der Waals surface area contributed by atoms with Gasteiger partial charge in [0.15, 0.2) is 0 Å². The number of rotatable bonds is 5. The molecule has 0 aliphatic rings. The number of nitrogens with zero attached hydrogens (tertiary/aromatic N) is 1. The van der Waals surface area contributed by atoms with E-state index in [1.54, 1.807) is 0 Å². The molecule has 1 N–H and O–H groups in total. The molecule has 0 fully saturated rings. The van der Waals surface area contributed by atoms with E-state index in [0.717, 1.165) is 0 Å². The van der Waals surface area contributed by atoms with Crippen LogP contribution < -0.4 is 10.1 Å². The molecule has 1 rings (SSSR count). The molecule has 1 atom stereocenters. The molecule has 1 aromatic rings. The van der Waals surface area contributed by atoms with Crippen LogP contribution in [0, 0.1) is 0 Å². The quantitative estimate of drug-likeness (QED) is 0.894. The Morgan fingerprint density at radius 3 is 2.63 bits per heavy atom. The second kappa shape index (κ2) is 6.37. The smallest absolute Gasteiger partial charge is 0.411 e. The number of pyridine rings is 1. The highest BCUT2D eigenvalue weighted by atomic mass is 19.4. The summed E-state index contributed by atoms with van der Waals surface area (Å²) in [6.45, 7) is -0.236. The maximum absolute atomic E-state index is 11.9. The van der Waals surface area contributed by atoms with Gasteiger partial charge in [0.05, 0.1) is 19.0 Å². The third kappa shape index (κ3) is 5.56. The van der Waals surface area contributed by atoms with Crippen molar-refractivity contribution in [2.24, 2.45) is 0 Å². The lowest BCUT2D eigenvalue weighted by atomic mass is 10.3. The SMILES string of the molecule is COc1ccc(NC(=O)[C@H](C)OCC(F)(F)F)cn1. The van der Waals surface area contributed by atoms with Gasteiger partial charge >= 0.3 is 6.18 Å². The fourth-order valence-corrected chi connectivity index (χ4v) is 1.11. The van der Waals surface area contributed by atoms with Crippen LogP contribution in [0.2, 0.25) is 0 Å². The summed E-state index contributed by atoms with van der Waals surface area (Å²) in [7, 11) is 1.44. The van der Waals surface area contributed by atoms with Gasteiger partial charge in [-0.2, -0.15) is 13.2 Å². The zero-order chi connectivity index (χ0) is 14.5. The van der Waals surface area contributed by atoms with Crippen molar-refractivity contribution in [3.63, 3.8) is 0 Å². The molecule has 0 aliphatic carbocycles. The van der Waals surface area contributed by atoms with Crippen molar-refractivity contribution in [2.75, 3.05) is 19.0 Å². The second-order valence-electron chi connectivity index (χ2n) is 3.65. The number of ether oxygens (including phenoxy) is 2. The second-order valence-corrected chi connectivity index (χ2v) is 3.65. The van der Waals surface area contributed by atoms with Gasteiger partial charge in [-0.1, -0.05) is 0 Å². The molecule has 0 bridgehead atoms. The Hall–Kier alpha value is -1.83. The van der Waals surface area contributed by atoms with Crippen LogP contribution in [-0.4, -0.2) is 36.9 Å². The number of amides is 1. The molecule has 5 nitrogen and oxygen atoms in total. The number of aromatic nitrogens is 1. The van der Waals surface area contributed by atoms with Crippen molar-refractivity contribution in [1.82, 2.24) is 4.98 Å². The first kappa shape index (κ1) is 15.2. The summed E-state index contributed by atoms with van der Waals surface area (Å²) in [5.74, 6) is -0.324. The highest BCUT2D eigenvalue weighted by Gasteiger charge is 2.29. The molecule has 1 aromatic heterocycles. The van der Waals surface area contributed by atoms with Gasteiger partial charge in [0, 0.05) is 6.07 Å². The molecule has 0 saturated heterocycles. The zero-order valence-electron chi connectivity index (χ0n) is 10.3. The van der Waals surface area contributed by atoms with Crippen LogP contribution in [-0.2, 0) is 9.53 Å². The van der Waals surface area contributed by atoms with Gasteiger partial charge < -0.3 is 14.8 Å². The molecule has 106 valence electrons. The van der Waals surface area contributed by atoms with E-state index >= 15 is 0 Å². The minimum absolute atomic E-state index is 0.341. The van der Waals surface area contributed by atoms with E-state index in [1.807, 2.05) is 0 Å². The Labute approximate surface area is 107 Å². The molecular weight excluding hydrogens is 265 g/mol. The predicted molar refractivity (Wildman–Crippen MR) is 60.9 cm³/mol. The van der Waals surface area contributed by atoms with Crippen molar-refractivity contribution in [2.45, 2.75) is 19.2 Å². The maximum Gasteiger partial charge on any atom is 0.411 e. The van der Waals surface area contributed by atoms with Crippen LogP contribution in [0.25, 0.3) is 0 Å².